The lowest BCUT2D eigenvalue weighted by atomic mass is 9.83. The summed E-state index contributed by atoms with van der Waals surface area (Å²) in [7, 11) is 0. The van der Waals surface area contributed by atoms with Crippen molar-refractivity contribution in [3.8, 4) is 0 Å². The molecule has 3 N–H and O–H groups in total. The van der Waals surface area contributed by atoms with E-state index in [-0.39, 0.29) is 17.0 Å². The van der Waals surface area contributed by atoms with Gasteiger partial charge >= 0.3 is 0 Å². The fourth-order valence-corrected chi connectivity index (χ4v) is 2.29. The van der Waals surface area contributed by atoms with E-state index >= 15 is 0 Å². The fourth-order valence-electron chi connectivity index (χ4n) is 2.29. The molecule has 1 fully saturated rings. The van der Waals surface area contributed by atoms with E-state index in [0.29, 0.717) is 6.61 Å². The topological polar surface area (TPSA) is 64.3 Å². The van der Waals surface area contributed by atoms with Gasteiger partial charge in [-0.3, -0.25) is 4.79 Å². The Labute approximate surface area is 117 Å². The zero-order valence-corrected chi connectivity index (χ0v) is 12.9. The van der Waals surface area contributed by atoms with Crippen molar-refractivity contribution in [3.05, 3.63) is 0 Å². The van der Waals surface area contributed by atoms with Crippen LogP contribution in [0.1, 0.15) is 66.2 Å². The van der Waals surface area contributed by atoms with Gasteiger partial charge in [-0.1, -0.05) is 26.2 Å². The van der Waals surface area contributed by atoms with Crippen LogP contribution in [-0.4, -0.2) is 29.7 Å². The minimum Gasteiger partial charge on any atom is -0.367 e. The van der Waals surface area contributed by atoms with Gasteiger partial charge in [-0.05, 0) is 40.0 Å². The molecule has 4 heteroatoms. The monoisotopic (exact) mass is 270 g/mol. The van der Waals surface area contributed by atoms with Crippen LogP contribution in [0.4, 0.5) is 0 Å². The Hall–Kier alpha value is -0.610. The number of hydrogen-bond donors (Lipinski definition) is 2. The van der Waals surface area contributed by atoms with E-state index in [2.05, 4.69) is 12.2 Å². The maximum atomic E-state index is 12.0. The van der Waals surface area contributed by atoms with Crippen LogP contribution in [0.3, 0.4) is 0 Å². The third-order valence-electron chi connectivity index (χ3n) is 4.18. The van der Waals surface area contributed by atoms with E-state index in [0.717, 1.165) is 19.3 Å². The predicted molar refractivity (Wildman–Crippen MR) is 77.9 cm³/mol. The van der Waals surface area contributed by atoms with Crippen molar-refractivity contribution in [2.24, 2.45) is 5.73 Å². The van der Waals surface area contributed by atoms with Gasteiger partial charge in [-0.25, -0.2) is 0 Å². The molecule has 112 valence electrons. The van der Waals surface area contributed by atoms with Crippen molar-refractivity contribution >= 4 is 5.91 Å². The summed E-state index contributed by atoms with van der Waals surface area (Å²) in [5, 5.41) is 3.00. The number of carbonyl (C=O) groups excluding carboxylic acids is 1. The molecule has 0 bridgehead atoms. The summed E-state index contributed by atoms with van der Waals surface area (Å²) in [5.41, 5.74) is 5.89. The summed E-state index contributed by atoms with van der Waals surface area (Å²) >= 11 is 0. The number of carbonyl (C=O) groups is 1. The van der Waals surface area contributed by atoms with Crippen molar-refractivity contribution < 1.29 is 9.53 Å². The van der Waals surface area contributed by atoms with Gasteiger partial charge in [0.05, 0.1) is 6.61 Å². The zero-order valence-electron chi connectivity index (χ0n) is 12.9. The molecule has 4 nitrogen and oxygen atoms in total. The van der Waals surface area contributed by atoms with Gasteiger partial charge in [0, 0.05) is 11.1 Å². The summed E-state index contributed by atoms with van der Waals surface area (Å²) in [4.78, 5) is 12.0. The molecule has 1 aliphatic rings. The summed E-state index contributed by atoms with van der Waals surface area (Å²) in [6.07, 6.45) is 6.07. The Morgan fingerprint density at radius 3 is 2.47 bits per heavy atom. The fraction of sp³-hybridized carbons (Fsp3) is 0.933. The summed E-state index contributed by atoms with van der Waals surface area (Å²) in [6.45, 7) is 8.37. The highest BCUT2D eigenvalue weighted by atomic mass is 16.5. The number of nitrogens with two attached hydrogens (primary N) is 1. The molecule has 1 amide bonds. The molecule has 0 aromatic heterocycles. The van der Waals surface area contributed by atoms with E-state index in [1.165, 1.54) is 19.3 Å². The lowest BCUT2D eigenvalue weighted by Gasteiger charge is -2.34. The molecular weight excluding hydrogens is 240 g/mol. The quantitative estimate of drug-likeness (QED) is 0.778. The van der Waals surface area contributed by atoms with Crippen LogP contribution in [0.15, 0.2) is 0 Å². The highest BCUT2D eigenvalue weighted by Crippen LogP contribution is 2.26. The van der Waals surface area contributed by atoms with Gasteiger partial charge in [0.2, 0.25) is 5.91 Å². The third kappa shape index (κ3) is 5.49. The maximum Gasteiger partial charge on any atom is 0.249 e. The van der Waals surface area contributed by atoms with E-state index in [9.17, 15) is 4.79 Å². The molecule has 0 heterocycles. The van der Waals surface area contributed by atoms with Gasteiger partial charge in [0.15, 0.2) is 0 Å². The molecule has 0 aromatic rings. The van der Waals surface area contributed by atoms with E-state index in [4.69, 9.17) is 10.5 Å². The Morgan fingerprint density at radius 2 is 1.95 bits per heavy atom. The van der Waals surface area contributed by atoms with Crippen LogP contribution >= 0.6 is 0 Å². The van der Waals surface area contributed by atoms with Crippen LogP contribution in [0.25, 0.3) is 0 Å². The maximum absolute atomic E-state index is 12.0. The summed E-state index contributed by atoms with van der Waals surface area (Å²) < 4.78 is 5.70. The molecule has 1 unspecified atom stereocenters. The average molecular weight is 270 g/mol. The van der Waals surface area contributed by atoms with Crippen LogP contribution in [0.5, 0.6) is 0 Å². The van der Waals surface area contributed by atoms with Gasteiger partial charge in [0.1, 0.15) is 6.10 Å². The number of ether oxygens (including phenoxy) is 1. The van der Waals surface area contributed by atoms with E-state index < -0.39 is 6.10 Å². The van der Waals surface area contributed by atoms with Gasteiger partial charge in [-0.15, -0.1) is 0 Å². The normalized spacial score (nSPS) is 20.9. The first kappa shape index (κ1) is 16.4. The van der Waals surface area contributed by atoms with Crippen molar-refractivity contribution in [2.45, 2.75) is 83.4 Å². The van der Waals surface area contributed by atoms with Crippen molar-refractivity contribution in [1.82, 2.24) is 5.32 Å². The molecule has 1 atom stereocenters. The highest BCUT2D eigenvalue weighted by molar-refractivity contribution is 5.81. The van der Waals surface area contributed by atoms with E-state index in [1.807, 2.05) is 13.8 Å². The molecule has 0 saturated heterocycles. The Balaban J connectivity index is 2.37. The standard InChI is InChI=1S/C15H30N2O2/c1-5-14(3,4)17-13(18)12(2)19-11-15(16)9-7-6-8-10-15/h12H,5-11,16H2,1-4H3,(H,17,18). The van der Waals surface area contributed by atoms with Gasteiger partial charge < -0.3 is 15.8 Å². The SMILES string of the molecule is CCC(C)(C)NC(=O)C(C)OCC1(N)CCCCC1. The third-order valence-corrected chi connectivity index (χ3v) is 4.18. The van der Waals surface area contributed by atoms with Gasteiger partial charge in [-0.2, -0.15) is 0 Å². The summed E-state index contributed by atoms with van der Waals surface area (Å²) in [5.74, 6) is -0.0498. The molecule has 0 radical (unpaired) electrons. The number of hydrogen-bond acceptors (Lipinski definition) is 3. The molecule has 1 saturated carbocycles. The number of nitrogens with one attached hydrogen (secondary N) is 1. The Kier molecular flexibility index (Phi) is 5.81. The highest BCUT2D eigenvalue weighted by Gasteiger charge is 2.30. The molecule has 0 spiro atoms. The first-order valence-corrected chi connectivity index (χ1v) is 7.50. The Morgan fingerprint density at radius 1 is 1.37 bits per heavy atom. The molecule has 1 aliphatic carbocycles. The second-order valence-electron chi connectivity index (χ2n) is 6.60. The van der Waals surface area contributed by atoms with Crippen LogP contribution in [0, 0.1) is 0 Å². The molecule has 19 heavy (non-hydrogen) atoms. The van der Waals surface area contributed by atoms with Crippen molar-refractivity contribution in [1.29, 1.82) is 0 Å². The second kappa shape index (κ2) is 6.71. The van der Waals surface area contributed by atoms with E-state index in [1.54, 1.807) is 6.92 Å². The molecule has 0 aromatic carbocycles. The number of amides is 1. The molecule has 1 rings (SSSR count). The number of rotatable bonds is 6. The minimum absolute atomic E-state index is 0.0498. The van der Waals surface area contributed by atoms with Crippen LogP contribution in [-0.2, 0) is 9.53 Å². The zero-order chi connectivity index (χ0) is 14.5. The smallest absolute Gasteiger partial charge is 0.249 e. The Bertz CT molecular complexity index is 297. The van der Waals surface area contributed by atoms with Gasteiger partial charge in [0.25, 0.3) is 0 Å². The molecular formula is C15H30N2O2. The summed E-state index contributed by atoms with van der Waals surface area (Å²) in [6, 6.07) is 0. The average Bonchev–Trinajstić information content (AvgIpc) is 2.36. The predicted octanol–water partition coefficient (Wildman–Crippen LogP) is 2.36. The largest absolute Gasteiger partial charge is 0.367 e. The van der Waals surface area contributed by atoms with Crippen molar-refractivity contribution in [2.75, 3.05) is 6.61 Å². The second-order valence-corrected chi connectivity index (χ2v) is 6.60. The van der Waals surface area contributed by atoms with Crippen molar-refractivity contribution in [3.63, 3.8) is 0 Å². The lowest BCUT2D eigenvalue weighted by molar-refractivity contribution is -0.134. The minimum atomic E-state index is -0.437. The molecule has 0 aliphatic heterocycles. The van der Waals surface area contributed by atoms with Crippen LogP contribution in [0.2, 0.25) is 0 Å². The first-order valence-electron chi connectivity index (χ1n) is 7.50. The first-order chi connectivity index (χ1) is 8.78. The van der Waals surface area contributed by atoms with Crippen LogP contribution < -0.4 is 11.1 Å². The lowest BCUT2D eigenvalue weighted by Crippen LogP contribution is -2.50.